The van der Waals surface area contributed by atoms with Crippen LogP contribution < -0.4 is 0 Å². The second-order valence-electron chi connectivity index (χ2n) is 7.05. The van der Waals surface area contributed by atoms with E-state index in [1.165, 1.54) is 0 Å². The number of rotatable bonds is 7. The fourth-order valence-electron chi connectivity index (χ4n) is 2.96. The van der Waals surface area contributed by atoms with E-state index < -0.39 is 23.2 Å². The fourth-order valence-corrected chi connectivity index (χ4v) is 2.96. The maximum atomic E-state index is 11.9. The highest BCUT2D eigenvalue weighted by Gasteiger charge is 2.55. The highest BCUT2D eigenvalue weighted by Crippen LogP contribution is 2.46. The van der Waals surface area contributed by atoms with Gasteiger partial charge < -0.3 is 24.5 Å². The molecular weight excluding hydrogens is 312 g/mol. The lowest BCUT2D eigenvalue weighted by molar-refractivity contribution is -0.221. The first-order chi connectivity index (χ1) is 11.1. The van der Waals surface area contributed by atoms with Crippen LogP contribution >= 0.6 is 0 Å². The smallest absolute Gasteiger partial charge is 0.306 e. The topological polar surface area (TPSA) is 93.1 Å². The Kier molecular flexibility index (Phi) is 7.13. The summed E-state index contributed by atoms with van der Waals surface area (Å²) in [6, 6.07) is 0. The maximum absolute atomic E-state index is 11.9. The van der Waals surface area contributed by atoms with E-state index in [0.717, 1.165) is 11.9 Å². The molecule has 0 spiro atoms. The van der Waals surface area contributed by atoms with Gasteiger partial charge in [-0.2, -0.15) is 0 Å². The van der Waals surface area contributed by atoms with E-state index in [9.17, 15) is 14.7 Å². The van der Waals surface area contributed by atoms with Crippen LogP contribution in [0.1, 0.15) is 53.9 Å². The lowest BCUT2D eigenvalue weighted by atomic mass is 9.69. The summed E-state index contributed by atoms with van der Waals surface area (Å²) in [4.78, 5) is 23.6. The van der Waals surface area contributed by atoms with Crippen molar-refractivity contribution in [1.82, 2.24) is 0 Å². The minimum absolute atomic E-state index is 0.234. The van der Waals surface area contributed by atoms with Gasteiger partial charge in [-0.25, -0.2) is 0 Å². The average Bonchev–Trinajstić information content (AvgIpc) is 2.56. The number of hydrogen-bond acceptors (Lipinski definition) is 6. The van der Waals surface area contributed by atoms with Gasteiger partial charge in [-0.3, -0.25) is 4.79 Å². The molecule has 6 nitrogen and oxygen atoms in total. The van der Waals surface area contributed by atoms with E-state index in [4.69, 9.17) is 14.6 Å². The molecule has 1 fully saturated rings. The second kappa shape index (κ2) is 8.23. The number of aldehydes is 1. The monoisotopic (exact) mass is 342 g/mol. The number of aliphatic hydroxyl groups is 2. The number of carbonyl (C=O) groups excluding carboxylic acids is 2. The Bertz CT molecular complexity index is 484. The number of aliphatic hydroxyl groups excluding tert-OH is 2. The minimum atomic E-state index is -1.07. The number of esters is 1. The summed E-state index contributed by atoms with van der Waals surface area (Å²) >= 11 is 0. The maximum Gasteiger partial charge on any atom is 0.306 e. The number of hydrogen-bond donors (Lipinski definition) is 2. The van der Waals surface area contributed by atoms with Gasteiger partial charge in [-0.15, -0.1) is 0 Å². The van der Waals surface area contributed by atoms with Crippen molar-refractivity contribution in [2.45, 2.75) is 77.8 Å². The number of allylic oxidation sites excluding steroid dienone is 1. The van der Waals surface area contributed by atoms with Crippen molar-refractivity contribution >= 4 is 12.3 Å². The van der Waals surface area contributed by atoms with Crippen LogP contribution in [0.2, 0.25) is 0 Å². The van der Waals surface area contributed by atoms with Crippen molar-refractivity contribution in [2.75, 3.05) is 6.61 Å². The summed E-state index contributed by atoms with van der Waals surface area (Å²) in [5, 5.41) is 18.8. The summed E-state index contributed by atoms with van der Waals surface area (Å²) in [7, 11) is 0. The summed E-state index contributed by atoms with van der Waals surface area (Å²) in [6.45, 7) is 8.45. The third-order valence-electron chi connectivity index (χ3n) is 4.94. The first kappa shape index (κ1) is 20.8. The number of ether oxygens (including phenoxy) is 2. The highest BCUT2D eigenvalue weighted by molar-refractivity contribution is 5.70. The summed E-state index contributed by atoms with van der Waals surface area (Å²) in [5.41, 5.74) is -1.13. The van der Waals surface area contributed by atoms with Crippen LogP contribution in [0.15, 0.2) is 11.6 Å². The molecule has 0 bridgehead atoms. The summed E-state index contributed by atoms with van der Waals surface area (Å²) < 4.78 is 11.8. The zero-order valence-electron chi connectivity index (χ0n) is 15.2. The Morgan fingerprint density at radius 1 is 1.54 bits per heavy atom. The van der Waals surface area contributed by atoms with Gasteiger partial charge in [0.25, 0.3) is 0 Å². The fraction of sp³-hybridized carbons (Fsp3) is 0.778. The molecule has 0 aromatic rings. The SMILES string of the molecule is C/C=C1\CC(CC(O)CO)O[C@@](C)(C(C)(C)C=O)[C@H]1OC(=O)CC. The van der Waals surface area contributed by atoms with Crippen molar-refractivity contribution in [1.29, 1.82) is 0 Å². The molecule has 2 unspecified atom stereocenters. The standard InChI is InChI=1S/C18H30O6/c1-6-12-8-14(9-13(21)10-19)24-18(5,17(3,4)11-20)16(12)23-15(22)7-2/h6,11,13-14,16,19,21H,7-10H2,1-5H3/b12-6+/t13?,14?,16-,18+/m0/s1. The highest BCUT2D eigenvalue weighted by atomic mass is 16.6. The quantitative estimate of drug-likeness (QED) is 0.416. The van der Waals surface area contributed by atoms with Crippen LogP contribution in [-0.4, -0.2) is 53.0 Å². The Balaban J connectivity index is 3.25. The van der Waals surface area contributed by atoms with Crippen LogP contribution in [0.3, 0.4) is 0 Å². The van der Waals surface area contributed by atoms with Crippen LogP contribution in [0, 0.1) is 5.41 Å². The van der Waals surface area contributed by atoms with Crippen molar-refractivity contribution in [2.24, 2.45) is 5.41 Å². The van der Waals surface area contributed by atoms with Gasteiger partial charge in [0, 0.05) is 12.8 Å². The van der Waals surface area contributed by atoms with Gasteiger partial charge in [-0.05, 0) is 25.8 Å². The first-order valence-corrected chi connectivity index (χ1v) is 8.42. The van der Waals surface area contributed by atoms with Crippen molar-refractivity contribution < 1.29 is 29.3 Å². The Morgan fingerprint density at radius 3 is 2.62 bits per heavy atom. The van der Waals surface area contributed by atoms with E-state index >= 15 is 0 Å². The molecule has 138 valence electrons. The molecule has 2 N–H and O–H groups in total. The molecule has 0 radical (unpaired) electrons. The van der Waals surface area contributed by atoms with E-state index in [0.29, 0.717) is 6.42 Å². The van der Waals surface area contributed by atoms with Gasteiger partial charge in [0.05, 0.1) is 24.2 Å². The molecule has 4 atom stereocenters. The zero-order chi connectivity index (χ0) is 18.5. The predicted octanol–water partition coefficient (Wildman–Crippen LogP) is 1.77. The third kappa shape index (κ3) is 4.23. The molecule has 1 saturated heterocycles. The molecule has 1 rings (SSSR count). The van der Waals surface area contributed by atoms with Crippen LogP contribution in [0.25, 0.3) is 0 Å². The van der Waals surface area contributed by atoms with E-state index in [1.54, 1.807) is 27.7 Å². The molecule has 1 aliphatic heterocycles. The van der Waals surface area contributed by atoms with Gasteiger partial charge >= 0.3 is 5.97 Å². The van der Waals surface area contributed by atoms with Crippen LogP contribution in [0.4, 0.5) is 0 Å². The first-order valence-electron chi connectivity index (χ1n) is 8.42. The third-order valence-corrected chi connectivity index (χ3v) is 4.94. The molecule has 1 aliphatic rings. The zero-order valence-corrected chi connectivity index (χ0v) is 15.2. The van der Waals surface area contributed by atoms with E-state index in [2.05, 4.69) is 0 Å². The van der Waals surface area contributed by atoms with Gasteiger partial charge in [0.2, 0.25) is 0 Å². The minimum Gasteiger partial charge on any atom is -0.455 e. The average molecular weight is 342 g/mol. The lowest BCUT2D eigenvalue weighted by Gasteiger charge is -2.51. The molecule has 1 heterocycles. The van der Waals surface area contributed by atoms with Gasteiger partial charge in [0.15, 0.2) is 6.10 Å². The molecule has 6 heteroatoms. The van der Waals surface area contributed by atoms with E-state index in [1.807, 2.05) is 13.0 Å². The largest absolute Gasteiger partial charge is 0.455 e. The Labute approximate surface area is 143 Å². The Hall–Kier alpha value is -1.24. The van der Waals surface area contributed by atoms with E-state index in [-0.39, 0.29) is 31.5 Å². The summed E-state index contributed by atoms with van der Waals surface area (Å²) in [5.74, 6) is -0.357. The molecule has 0 saturated carbocycles. The molecule has 0 amide bonds. The van der Waals surface area contributed by atoms with Crippen molar-refractivity contribution in [3.63, 3.8) is 0 Å². The molecule has 0 aliphatic carbocycles. The summed E-state index contributed by atoms with van der Waals surface area (Å²) in [6.07, 6.45) is 1.68. The normalized spacial score (nSPS) is 30.9. The predicted molar refractivity (Wildman–Crippen MR) is 89.4 cm³/mol. The van der Waals surface area contributed by atoms with Crippen molar-refractivity contribution in [3.05, 3.63) is 11.6 Å². The molecule has 0 aromatic heterocycles. The lowest BCUT2D eigenvalue weighted by Crippen LogP contribution is -2.61. The molecule has 0 aromatic carbocycles. The Morgan fingerprint density at radius 2 is 2.17 bits per heavy atom. The van der Waals surface area contributed by atoms with Crippen LogP contribution in [-0.2, 0) is 19.1 Å². The van der Waals surface area contributed by atoms with Gasteiger partial charge in [-0.1, -0.05) is 26.8 Å². The number of carbonyl (C=O) groups is 2. The molecule has 24 heavy (non-hydrogen) atoms. The van der Waals surface area contributed by atoms with Crippen molar-refractivity contribution in [3.8, 4) is 0 Å². The van der Waals surface area contributed by atoms with Crippen LogP contribution in [0.5, 0.6) is 0 Å². The second-order valence-corrected chi connectivity index (χ2v) is 7.05. The van der Waals surface area contributed by atoms with Gasteiger partial charge in [0.1, 0.15) is 11.9 Å². The molecular formula is C18H30O6.